The van der Waals surface area contributed by atoms with Gasteiger partial charge in [-0.25, -0.2) is 9.07 Å². The van der Waals surface area contributed by atoms with E-state index in [-0.39, 0.29) is 60.9 Å². The van der Waals surface area contributed by atoms with Crippen LogP contribution in [-0.2, 0) is 20.7 Å². The lowest BCUT2D eigenvalue weighted by molar-refractivity contribution is -0.137. The highest BCUT2D eigenvalue weighted by Crippen LogP contribution is 2.48. The van der Waals surface area contributed by atoms with Crippen LogP contribution in [0.5, 0.6) is 11.8 Å². The normalized spacial score (nSPS) is 19.1. The number of benzene rings is 3. The van der Waals surface area contributed by atoms with Crippen LogP contribution in [0.3, 0.4) is 0 Å². The van der Waals surface area contributed by atoms with Gasteiger partial charge in [0.25, 0.3) is 0 Å². The van der Waals surface area contributed by atoms with Gasteiger partial charge in [-0.1, -0.05) is 93.0 Å². The number of amides is 2. The quantitative estimate of drug-likeness (QED) is 0.0451. The fraction of sp³-hybridized carbons (Fsp3) is 0.429. The molecule has 0 spiro atoms. The third kappa shape index (κ3) is 14.1. The van der Waals surface area contributed by atoms with Gasteiger partial charge in [-0.3, -0.25) is 19.7 Å². The first kappa shape index (κ1) is 60.0. The number of piperazine rings is 1. The molecule has 0 radical (unpaired) electrons. The molecule has 5 unspecified atom stereocenters. The van der Waals surface area contributed by atoms with Crippen molar-refractivity contribution < 1.29 is 33.7 Å². The number of phenolic OH excluding ortho intramolecular Hbond substituents is 1. The lowest BCUT2D eigenvalue weighted by Gasteiger charge is -2.30. The zero-order chi connectivity index (χ0) is 58.7. The molecule has 3 saturated heterocycles. The second-order valence-electron chi connectivity index (χ2n) is 21.9. The molecule has 6 atom stereocenters. The number of aromatic amines is 1. The van der Waals surface area contributed by atoms with Crippen molar-refractivity contribution in [3.8, 4) is 34.1 Å². The monoisotopic (exact) mass is 1150 g/mol. The summed E-state index contributed by atoms with van der Waals surface area (Å²) in [5.41, 5.74) is 7.43. The number of aliphatic hydroxyl groups excluding tert-OH is 1. The Balaban J connectivity index is 0.000000333. The maximum Gasteiger partial charge on any atom is 0.319 e. The minimum atomic E-state index is -0.405. The Morgan fingerprint density at radius 3 is 2.45 bits per heavy atom. The van der Waals surface area contributed by atoms with Crippen molar-refractivity contribution in [2.45, 2.75) is 129 Å². The smallest absolute Gasteiger partial charge is 0.319 e. The van der Waals surface area contributed by atoms with Crippen molar-refractivity contribution in [1.29, 1.82) is 0 Å². The number of aliphatic hydroxyl groups is 1. The molecule has 7 heterocycles. The maximum atomic E-state index is 15.5. The predicted molar refractivity (Wildman–Crippen MR) is 321 cm³/mol. The van der Waals surface area contributed by atoms with Gasteiger partial charge in [0.1, 0.15) is 41.3 Å². The average molecular weight is 1150 g/mol. The Morgan fingerprint density at radius 2 is 1.80 bits per heavy atom. The van der Waals surface area contributed by atoms with Gasteiger partial charge >= 0.3 is 6.01 Å². The number of likely N-dealkylation sites (tertiary alicyclic amines) is 1. The fourth-order valence-electron chi connectivity index (χ4n) is 11.1. The third-order valence-corrected chi connectivity index (χ3v) is 16.2. The van der Waals surface area contributed by atoms with E-state index in [2.05, 4.69) is 54.0 Å². The summed E-state index contributed by atoms with van der Waals surface area (Å²) < 4.78 is 28.7. The van der Waals surface area contributed by atoms with E-state index in [1.54, 1.807) is 36.5 Å². The highest BCUT2D eigenvalue weighted by Gasteiger charge is 2.40. The first-order chi connectivity index (χ1) is 40.3. The average Bonchev–Trinajstić information content (AvgIpc) is 4.08. The number of aryl methyl sites for hydroxylation is 1. The van der Waals surface area contributed by atoms with E-state index in [0.29, 0.717) is 63.7 Å². The molecule has 4 fully saturated rings. The number of hydrogen-bond donors (Lipinski definition) is 5. The molecule has 3 aliphatic heterocycles. The number of nitrogens with zero attached hydrogens (tertiary/aromatic N) is 9. The molecular weight excluding hydrogens is 1080 g/mol. The number of anilines is 1. The van der Waals surface area contributed by atoms with Crippen LogP contribution in [0.1, 0.15) is 120 Å². The van der Waals surface area contributed by atoms with Gasteiger partial charge in [-0.05, 0) is 123 Å². The number of ether oxygens (including phenoxy) is 2. The lowest BCUT2D eigenvalue weighted by atomic mass is 9.97. The molecular formula is C63H76ClFN12O6. The highest BCUT2D eigenvalue weighted by atomic mass is 35.5. The second kappa shape index (κ2) is 27.7. The molecule has 1 aliphatic carbocycles. The highest BCUT2D eigenvalue weighted by molar-refractivity contribution is 6.33. The van der Waals surface area contributed by atoms with Gasteiger partial charge in [-0.2, -0.15) is 15.1 Å². The molecule has 18 nitrogen and oxygen atoms in total. The zero-order valence-corrected chi connectivity index (χ0v) is 49.1. The van der Waals surface area contributed by atoms with Gasteiger partial charge in [0.05, 0.1) is 41.5 Å². The van der Waals surface area contributed by atoms with Gasteiger partial charge in [0, 0.05) is 84.6 Å². The summed E-state index contributed by atoms with van der Waals surface area (Å²) in [4.78, 5) is 41.8. The summed E-state index contributed by atoms with van der Waals surface area (Å²) in [6.07, 6.45) is 18.3. The standard InChI is InChI=1S/C47H57FN10O4.C14H13ClN2O2.C2H6/c1-27(2)43(46(60)56-17-7-8-28(56)3)58-25-41(54-55-58)32-13-11-30(12-14-32)9-6-10-34(48)19-40-33(22-50-53-40)18-38-37(31-15-16-31)21-39-42(44(38)59)51-47(62-26-29(4)61-5)52-45(39)57-24-35-20-36(57)23-49-35;15-13-7-16-6-5-12(13)10-1-3-11(4-2-10)14(8-18)17-9-19;1-2/h10-14,18-19,21-22,25,27-29,31,35-36,43,49,53,59H,6-9,15-17,20,23-24,26H2,1-5H3;1-7,9,14,18H,8H2,(H,17,19);1-2H3/b33-18+,34-10-,40-19+;;/t28?,29-,35?,36?,43?;;/m0../s1. The maximum absolute atomic E-state index is 15.5. The number of H-pyrrole nitrogens is 1. The van der Waals surface area contributed by atoms with E-state index in [1.807, 2.05) is 106 Å². The van der Waals surface area contributed by atoms with Gasteiger partial charge < -0.3 is 40.1 Å². The molecule has 83 heavy (non-hydrogen) atoms. The van der Waals surface area contributed by atoms with Crippen molar-refractivity contribution in [2.24, 2.45) is 5.92 Å². The van der Waals surface area contributed by atoms with E-state index >= 15 is 4.39 Å². The molecule has 4 aliphatic rings. The number of carbonyl (C=O) groups excluding carboxylic acids is 2. The molecule has 5 N–H and O–H groups in total. The van der Waals surface area contributed by atoms with Gasteiger partial charge in [0.15, 0.2) is 0 Å². The van der Waals surface area contributed by atoms with Gasteiger partial charge in [-0.15, -0.1) is 5.10 Å². The van der Waals surface area contributed by atoms with E-state index in [9.17, 15) is 19.8 Å². The van der Waals surface area contributed by atoms with E-state index in [1.165, 1.54) is 6.08 Å². The third-order valence-electron chi connectivity index (χ3n) is 15.9. The predicted octanol–water partition coefficient (Wildman–Crippen LogP) is 8.67. The number of allylic oxidation sites excluding steroid dienone is 2. The largest absolute Gasteiger partial charge is 0.505 e. The Morgan fingerprint density at radius 1 is 1.02 bits per heavy atom. The van der Waals surface area contributed by atoms with Crippen molar-refractivity contribution in [3.63, 3.8) is 0 Å². The van der Waals surface area contributed by atoms with Crippen molar-refractivity contribution >= 4 is 52.8 Å². The minimum absolute atomic E-state index is 0.0426. The number of carbonyl (C=O) groups is 2. The Kier molecular flexibility index (Phi) is 20.0. The van der Waals surface area contributed by atoms with Gasteiger partial charge in [0.2, 0.25) is 12.3 Å². The number of phenols is 1. The molecule has 1 saturated carbocycles. The number of rotatable bonds is 20. The first-order valence-corrected chi connectivity index (χ1v) is 29.3. The summed E-state index contributed by atoms with van der Waals surface area (Å²) in [6.45, 7) is 14.7. The SMILES string of the molecule is CC.CO[C@@H](C)COc1nc(N2CC3CC2CN3)c2cc(C3CC3)c(\C=c3/cn[nH]/c3=C/C(F)=C/CCc3ccc(-c4cn(C(C(=O)N5CCCC5C)C(C)C)nn4)cc3)c(O)c2n1.O=CNC(CO)c1ccc(-c2ccncc2Cl)cc1. The molecule has 2 amide bonds. The fourth-order valence-corrected chi connectivity index (χ4v) is 11.4. The zero-order valence-electron chi connectivity index (χ0n) is 48.3. The Hall–Kier alpha value is -7.58. The van der Waals surface area contributed by atoms with Crippen LogP contribution in [0.25, 0.3) is 45.4 Å². The molecule has 3 aromatic carbocycles. The number of fused-ring (bicyclic) bond motifs is 3. The van der Waals surface area contributed by atoms with E-state index < -0.39 is 11.9 Å². The molecule has 2 bridgehead atoms. The summed E-state index contributed by atoms with van der Waals surface area (Å²) in [5, 5.41) is 45.9. The molecule has 7 aromatic rings. The number of pyridine rings is 1. The van der Waals surface area contributed by atoms with Crippen LogP contribution in [0.2, 0.25) is 5.02 Å². The van der Waals surface area contributed by atoms with Crippen molar-refractivity contribution in [3.05, 3.63) is 135 Å². The van der Waals surface area contributed by atoms with Crippen molar-refractivity contribution in [1.82, 2.24) is 55.7 Å². The molecule has 438 valence electrons. The van der Waals surface area contributed by atoms with Crippen molar-refractivity contribution in [2.75, 3.05) is 44.9 Å². The van der Waals surface area contributed by atoms with E-state index in [0.717, 1.165) is 96.3 Å². The van der Waals surface area contributed by atoms with Crippen LogP contribution in [0.15, 0.2) is 97.4 Å². The van der Waals surface area contributed by atoms with Crippen LogP contribution in [-0.4, -0.2) is 132 Å². The van der Waals surface area contributed by atoms with Crippen LogP contribution < -0.4 is 30.8 Å². The number of nitrogens with one attached hydrogen (secondary N) is 3. The topological polar surface area (TPSA) is 222 Å². The Bertz CT molecular complexity index is 3500. The number of halogens is 2. The van der Waals surface area contributed by atoms with E-state index in [4.69, 9.17) is 31.0 Å². The van der Waals surface area contributed by atoms with Crippen LogP contribution in [0.4, 0.5) is 10.2 Å². The van der Waals surface area contributed by atoms with Crippen LogP contribution in [0, 0.1) is 5.92 Å². The summed E-state index contributed by atoms with van der Waals surface area (Å²) in [7, 11) is 1.63. The minimum Gasteiger partial charge on any atom is -0.505 e. The number of aromatic hydroxyl groups is 1. The molecule has 4 aromatic heterocycles. The first-order valence-electron chi connectivity index (χ1n) is 28.9. The summed E-state index contributed by atoms with van der Waals surface area (Å²) in [6, 6.07) is 19.8. The lowest BCUT2D eigenvalue weighted by Crippen LogP contribution is -2.44. The summed E-state index contributed by atoms with van der Waals surface area (Å²) in [5.74, 6) is 0.879. The summed E-state index contributed by atoms with van der Waals surface area (Å²) >= 11 is 6.08. The number of aromatic nitrogens is 8. The second-order valence-corrected chi connectivity index (χ2v) is 22.3. The van der Waals surface area contributed by atoms with Crippen LogP contribution >= 0.6 is 11.6 Å². The molecule has 11 rings (SSSR count). The number of methoxy groups -OCH3 is 1. The number of hydrogen-bond acceptors (Lipinski definition) is 14. The Labute approximate surface area is 488 Å². The molecule has 20 heteroatoms.